The smallest absolute Gasteiger partial charge is 0.242 e. The van der Waals surface area contributed by atoms with Crippen LogP contribution in [0.1, 0.15) is 22.4 Å². The van der Waals surface area contributed by atoms with Gasteiger partial charge in [0.1, 0.15) is 17.8 Å². The van der Waals surface area contributed by atoms with E-state index >= 15 is 0 Å². The second-order valence-electron chi connectivity index (χ2n) is 6.44. The zero-order valence-corrected chi connectivity index (χ0v) is 16.2. The highest BCUT2D eigenvalue weighted by Gasteiger charge is 2.22. The number of hydrogen-bond acceptors (Lipinski definition) is 6. The summed E-state index contributed by atoms with van der Waals surface area (Å²) in [5.41, 5.74) is 2.09. The first-order valence-corrected chi connectivity index (χ1v) is 10.6. The van der Waals surface area contributed by atoms with Crippen LogP contribution in [0, 0.1) is 0 Å². The highest BCUT2D eigenvalue weighted by Crippen LogP contribution is 2.39. The number of rotatable bonds is 5. The van der Waals surface area contributed by atoms with Crippen LogP contribution in [0.3, 0.4) is 0 Å². The number of aryl methyl sites for hydroxylation is 2. The second-order valence-corrected chi connectivity index (χ2v) is 9.68. The average Bonchev–Trinajstić information content (AvgIpc) is 3.21. The zero-order chi connectivity index (χ0) is 18.3. The Labute approximate surface area is 156 Å². The molecule has 0 radical (unpaired) electrons. The lowest BCUT2D eigenvalue weighted by Crippen LogP contribution is -2.22. The van der Waals surface area contributed by atoms with Gasteiger partial charge in [-0.2, -0.15) is 0 Å². The van der Waals surface area contributed by atoms with Crippen LogP contribution in [-0.4, -0.2) is 36.8 Å². The summed E-state index contributed by atoms with van der Waals surface area (Å²) in [6.45, 7) is 0.257. The van der Waals surface area contributed by atoms with E-state index in [9.17, 15) is 8.42 Å². The summed E-state index contributed by atoms with van der Waals surface area (Å²) in [5.74, 6) is 0.579. The molecule has 1 aromatic carbocycles. The SMILES string of the molecule is CN(C)S(=O)(=O)c1cccc(COc2ncnc3sc4c(c23)CCC4)c1. The van der Waals surface area contributed by atoms with Crippen molar-refractivity contribution in [3.8, 4) is 5.88 Å². The Hall–Kier alpha value is -2.03. The normalized spacial score (nSPS) is 14.1. The third-order valence-electron chi connectivity index (χ3n) is 4.52. The van der Waals surface area contributed by atoms with Crippen molar-refractivity contribution in [2.45, 2.75) is 30.8 Å². The van der Waals surface area contributed by atoms with Crippen molar-refractivity contribution in [3.63, 3.8) is 0 Å². The second kappa shape index (κ2) is 6.61. The first kappa shape index (κ1) is 17.4. The molecule has 6 nitrogen and oxygen atoms in total. The number of thiophene rings is 1. The van der Waals surface area contributed by atoms with E-state index in [-0.39, 0.29) is 11.5 Å². The molecule has 0 N–H and O–H groups in total. The van der Waals surface area contributed by atoms with Gasteiger partial charge in [0.05, 0.1) is 10.3 Å². The van der Waals surface area contributed by atoms with Crippen molar-refractivity contribution in [1.82, 2.24) is 14.3 Å². The largest absolute Gasteiger partial charge is 0.472 e. The van der Waals surface area contributed by atoms with Gasteiger partial charge < -0.3 is 4.74 Å². The number of aromatic nitrogens is 2. The van der Waals surface area contributed by atoms with Gasteiger partial charge in [-0.3, -0.25) is 0 Å². The zero-order valence-electron chi connectivity index (χ0n) is 14.6. The molecule has 0 atom stereocenters. The molecule has 4 rings (SSSR count). The standard InChI is InChI=1S/C18H19N3O3S2/c1-21(2)26(22,23)13-6-3-5-12(9-13)10-24-17-16-14-7-4-8-15(14)25-18(16)20-11-19-17/h3,5-6,9,11H,4,7-8,10H2,1-2H3. The van der Waals surface area contributed by atoms with Crippen molar-refractivity contribution in [2.24, 2.45) is 0 Å². The molecule has 1 aliphatic rings. The van der Waals surface area contributed by atoms with Gasteiger partial charge >= 0.3 is 0 Å². The fourth-order valence-corrected chi connectivity index (χ4v) is 5.36. The van der Waals surface area contributed by atoms with Gasteiger partial charge in [-0.05, 0) is 42.5 Å². The van der Waals surface area contributed by atoms with Crippen molar-refractivity contribution >= 4 is 31.6 Å². The highest BCUT2D eigenvalue weighted by atomic mass is 32.2. The number of sulfonamides is 1. The average molecular weight is 390 g/mol. The van der Waals surface area contributed by atoms with Gasteiger partial charge in [-0.1, -0.05) is 12.1 Å². The predicted octanol–water partition coefficient (Wildman–Crippen LogP) is 3.01. The van der Waals surface area contributed by atoms with E-state index in [1.165, 1.54) is 35.2 Å². The number of benzene rings is 1. The summed E-state index contributed by atoms with van der Waals surface area (Å²) < 4.78 is 31.8. The number of nitrogens with zero attached hydrogens (tertiary/aromatic N) is 3. The van der Waals surface area contributed by atoms with E-state index in [4.69, 9.17) is 4.74 Å². The van der Waals surface area contributed by atoms with Crippen LogP contribution in [0.25, 0.3) is 10.2 Å². The van der Waals surface area contributed by atoms with E-state index in [1.54, 1.807) is 29.5 Å². The lowest BCUT2D eigenvalue weighted by atomic mass is 10.2. The van der Waals surface area contributed by atoms with Crippen LogP contribution in [0.15, 0.2) is 35.5 Å². The van der Waals surface area contributed by atoms with Gasteiger partial charge in [0.15, 0.2) is 0 Å². The molecule has 0 spiro atoms. The fraction of sp³-hybridized carbons (Fsp3) is 0.333. The molecule has 2 aromatic heterocycles. The van der Waals surface area contributed by atoms with Crippen LogP contribution in [0.2, 0.25) is 0 Å². The van der Waals surface area contributed by atoms with Crippen molar-refractivity contribution in [1.29, 1.82) is 0 Å². The summed E-state index contributed by atoms with van der Waals surface area (Å²) in [5, 5.41) is 1.02. The van der Waals surface area contributed by atoms with Crippen molar-refractivity contribution < 1.29 is 13.2 Å². The monoisotopic (exact) mass is 389 g/mol. The molecule has 0 bridgehead atoms. The van der Waals surface area contributed by atoms with E-state index in [0.717, 1.165) is 35.0 Å². The fourth-order valence-electron chi connectivity index (χ4n) is 3.17. The lowest BCUT2D eigenvalue weighted by Gasteiger charge is -2.12. The first-order chi connectivity index (χ1) is 12.5. The minimum atomic E-state index is -3.46. The van der Waals surface area contributed by atoms with Crippen LogP contribution in [-0.2, 0) is 29.5 Å². The maximum atomic E-state index is 12.3. The summed E-state index contributed by atoms with van der Waals surface area (Å²) >= 11 is 1.72. The van der Waals surface area contributed by atoms with Crippen molar-refractivity contribution in [2.75, 3.05) is 14.1 Å². The van der Waals surface area contributed by atoms with Gasteiger partial charge in [0.25, 0.3) is 0 Å². The number of hydrogen-bond donors (Lipinski definition) is 0. The predicted molar refractivity (Wildman–Crippen MR) is 101 cm³/mol. The van der Waals surface area contributed by atoms with E-state index in [1.807, 2.05) is 6.07 Å². The third kappa shape index (κ3) is 2.98. The molecule has 3 aromatic rings. The molecule has 0 saturated carbocycles. The Balaban J connectivity index is 1.62. The van der Waals surface area contributed by atoms with E-state index in [2.05, 4.69) is 9.97 Å². The molecule has 26 heavy (non-hydrogen) atoms. The maximum Gasteiger partial charge on any atom is 0.242 e. The topological polar surface area (TPSA) is 72.4 Å². The third-order valence-corrected chi connectivity index (χ3v) is 7.53. The van der Waals surface area contributed by atoms with Crippen LogP contribution >= 0.6 is 11.3 Å². The molecule has 2 heterocycles. The van der Waals surface area contributed by atoms with Gasteiger partial charge in [0.2, 0.25) is 15.9 Å². The van der Waals surface area contributed by atoms with Crippen LogP contribution in [0.4, 0.5) is 0 Å². The molecule has 136 valence electrons. The lowest BCUT2D eigenvalue weighted by molar-refractivity contribution is 0.297. The van der Waals surface area contributed by atoms with Crippen LogP contribution in [0.5, 0.6) is 5.88 Å². The van der Waals surface area contributed by atoms with E-state index in [0.29, 0.717) is 5.88 Å². The van der Waals surface area contributed by atoms with Crippen molar-refractivity contribution in [3.05, 3.63) is 46.6 Å². The quantitative estimate of drug-likeness (QED) is 0.671. The Kier molecular flexibility index (Phi) is 4.42. The summed E-state index contributed by atoms with van der Waals surface area (Å²) in [6, 6.07) is 6.82. The molecule has 1 aliphatic carbocycles. The highest BCUT2D eigenvalue weighted by molar-refractivity contribution is 7.89. The summed E-state index contributed by atoms with van der Waals surface area (Å²) in [6.07, 6.45) is 4.82. The molecular formula is C18H19N3O3S2. The summed E-state index contributed by atoms with van der Waals surface area (Å²) in [4.78, 5) is 11.3. The Morgan fingerprint density at radius 3 is 2.88 bits per heavy atom. The molecule has 0 aliphatic heterocycles. The van der Waals surface area contributed by atoms with Gasteiger partial charge in [-0.25, -0.2) is 22.7 Å². The molecule has 0 fully saturated rings. The van der Waals surface area contributed by atoms with Gasteiger partial charge in [-0.15, -0.1) is 11.3 Å². The first-order valence-electron chi connectivity index (χ1n) is 8.36. The van der Waals surface area contributed by atoms with Crippen LogP contribution < -0.4 is 4.74 Å². The maximum absolute atomic E-state index is 12.3. The minimum Gasteiger partial charge on any atom is -0.472 e. The molecular weight excluding hydrogens is 370 g/mol. The number of ether oxygens (including phenoxy) is 1. The Morgan fingerprint density at radius 2 is 2.08 bits per heavy atom. The van der Waals surface area contributed by atoms with E-state index < -0.39 is 10.0 Å². The molecule has 0 amide bonds. The number of fused-ring (bicyclic) bond motifs is 3. The molecule has 0 unspecified atom stereocenters. The Bertz CT molecular complexity index is 1070. The minimum absolute atomic E-state index is 0.257. The molecule has 8 heteroatoms. The summed E-state index contributed by atoms with van der Waals surface area (Å²) in [7, 11) is -0.420. The Morgan fingerprint density at radius 1 is 1.23 bits per heavy atom. The molecule has 0 saturated heterocycles. The van der Waals surface area contributed by atoms with Gasteiger partial charge in [0, 0.05) is 19.0 Å².